The van der Waals surface area contributed by atoms with E-state index in [1.807, 2.05) is 0 Å². The van der Waals surface area contributed by atoms with Gasteiger partial charge in [-0.15, -0.1) is 0 Å². The van der Waals surface area contributed by atoms with Gasteiger partial charge >= 0.3 is 0 Å². The van der Waals surface area contributed by atoms with Crippen LogP contribution in [0.1, 0.15) is 25.7 Å². The third-order valence-corrected chi connectivity index (χ3v) is 6.96. The molecule has 0 unspecified atom stereocenters. The van der Waals surface area contributed by atoms with E-state index in [2.05, 4.69) is 4.90 Å². The number of fused-ring (bicyclic) bond motifs is 1. The molecule has 116 valence electrons. The number of ether oxygens (including phenoxy) is 1. The summed E-state index contributed by atoms with van der Waals surface area (Å²) >= 11 is 0. The van der Waals surface area contributed by atoms with Gasteiger partial charge in [-0.1, -0.05) is 0 Å². The van der Waals surface area contributed by atoms with Crippen LogP contribution in [0.5, 0.6) is 0 Å². The first kappa shape index (κ1) is 14.7. The summed E-state index contributed by atoms with van der Waals surface area (Å²) in [6, 6.07) is 0.525. The molecule has 0 spiro atoms. The van der Waals surface area contributed by atoms with Crippen molar-refractivity contribution in [3.63, 3.8) is 0 Å². The Balaban J connectivity index is 1.67. The lowest BCUT2D eigenvalue weighted by atomic mass is 10.1. The Morgan fingerprint density at radius 1 is 1.10 bits per heavy atom. The van der Waals surface area contributed by atoms with E-state index in [0.29, 0.717) is 32.3 Å². The van der Waals surface area contributed by atoms with Gasteiger partial charge in [0.2, 0.25) is 0 Å². The van der Waals surface area contributed by atoms with Crippen LogP contribution in [0.25, 0.3) is 0 Å². The summed E-state index contributed by atoms with van der Waals surface area (Å²) in [5.74, 6) is 0. The minimum absolute atomic E-state index is 0.0929. The van der Waals surface area contributed by atoms with E-state index < -0.39 is 10.2 Å². The molecule has 0 bridgehead atoms. The Morgan fingerprint density at radius 2 is 1.85 bits per heavy atom. The van der Waals surface area contributed by atoms with E-state index in [1.54, 1.807) is 15.7 Å². The number of hydrogen-bond donors (Lipinski definition) is 0. The summed E-state index contributed by atoms with van der Waals surface area (Å²) in [5.41, 5.74) is 0. The number of nitrogens with zero attached hydrogens (tertiary/aromatic N) is 3. The van der Waals surface area contributed by atoms with Gasteiger partial charge in [-0.2, -0.15) is 17.0 Å². The highest BCUT2D eigenvalue weighted by Crippen LogP contribution is 2.25. The van der Waals surface area contributed by atoms with Crippen molar-refractivity contribution in [1.29, 1.82) is 0 Å². The van der Waals surface area contributed by atoms with E-state index in [1.165, 1.54) is 6.42 Å². The molecular weight excluding hydrogens is 278 g/mol. The normalized spacial score (nSPS) is 30.8. The van der Waals surface area contributed by atoms with Crippen molar-refractivity contribution < 1.29 is 13.2 Å². The van der Waals surface area contributed by atoms with Crippen LogP contribution in [-0.4, -0.2) is 80.5 Å². The predicted molar refractivity (Wildman–Crippen MR) is 76.7 cm³/mol. The highest BCUT2D eigenvalue weighted by Gasteiger charge is 2.39. The van der Waals surface area contributed by atoms with Crippen LogP contribution in [0.3, 0.4) is 0 Å². The molecule has 0 N–H and O–H groups in total. The van der Waals surface area contributed by atoms with Crippen molar-refractivity contribution >= 4 is 10.2 Å². The molecule has 0 radical (unpaired) electrons. The second-order valence-electron chi connectivity index (χ2n) is 6.06. The Labute approximate surface area is 121 Å². The Bertz CT molecular complexity index is 436. The second kappa shape index (κ2) is 5.88. The van der Waals surface area contributed by atoms with Crippen molar-refractivity contribution in [2.75, 3.05) is 46.4 Å². The van der Waals surface area contributed by atoms with Crippen LogP contribution in [0.4, 0.5) is 0 Å². The summed E-state index contributed by atoms with van der Waals surface area (Å²) in [6.07, 6.45) is 3.94. The minimum Gasteiger partial charge on any atom is -0.381 e. The monoisotopic (exact) mass is 303 g/mol. The zero-order chi connectivity index (χ0) is 14.2. The van der Waals surface area contributed by atoms with Crippen molar-refractivity contribution in [3.8, 4) is 0 Å². The quantitative estimate of drug-likeness (QED) is 0.743. The molecule has 0 aromatic heterocycles. The largest absolute Gasteiger partial charge is 0.381 e. The van der Waals surface area contributed by atoms with Crippen LogP contribution in [-0.2, 0) is 14.9 Å². The van der Waals surface area contributed by atoms with E-state index >= 15 is 0 Å². The van der Waals surface area contributed by atoms with Gasteiger partial charge in [0.25, 0.3) is 10.2 Å². The molecule has 1 atom stereocenters. The first-order chi connectivity index (χ1) is 9.59. The molecule has 0 amide bonds. The average Bonchev–Trinajstić information content (AvgIpc) is 2.94. The van der Waals surface area contributed by atoms with Crippen molar-refractivity contribution in [1.82, 2.24) is 13.5 Å². The highest BCUT2D eigenvalue weighted by molar-refractivity contribution is 7.86. The van der Waals surface area contributed by atoms with E-state index in [0.717, 1.165) is 32.4 Å². The third kappa shape index (κ3) is 2.74. The highest BCUT2D eigenvalue weighted by atomic mass is 32.2. The van der Waals surface area contributed by atoms with Gasteiger partial charge in [-0.05, 0) is 32.2 Å². The molecular formula is C13H25N3O3S. The van der Waals surface area contributed by atoms with Crippen LogP contribution in [0, 0.1) is 0 Å². The van der Waals surface area contributed by atoms with Crippen LogP contribution in [0.15, 0.2) is 0 Å². The fourth-order valence-electron chi connectivity index (χ4n) is 3.59. The molecule has 3 fully saturated rings. The average molecular weight is 303 g/mol. The SMILES string of the molecule is CN(C1CCOCC1)S(=O)(=O)N1CCN2CCC[C@H]2C1. The van der Waals surface area contributed by atoms with Crippen molar-refractivity contribution in [2.45, 2.75) is 37.8 Å². The zero-order valence-electron chi connectivity index (χ0n) is 12.2. The zero-order valence-corrected chi connectivity index (χ0v) is 13.0. The molecule has 0 aromatic carbocycles. The van der Waals surface area contributed by atoms with Gasteiger partial charge in [0.1, 0.15) is 0 Å². The Hall–Kier alpha value is -0.210. The van der Waals surface area contributed by atoms with Crippen LogP contribution in [0.2, 0.25) is 0 Å². The molecule has 6 nitrogen and oxygen atoms in total. The number of rotatable bonds is 3. The summed E-state index contributed by atoms with van der Waals surface area (Å²) in [7, 11) is -1.59. The molecule has 3 aliphatic rings. The predicted octanol–water partition coefficient (Wildman–Crippen LogP) is 0.122. The molecule has 7 heteroatoms. The van der Waals surface area contributed by atoms with E-state index in [4.69, 9.17) is 4.74 Å². The first-order valence-electron chi connectivity index (χ1n) is 7.64. The lowest BCUT2D eigenvalue weighted by Crippen LogP contribution is -2.56. The molecule has 3 aliphatic heterocycles. The topological polar surface area (TPSA) is 53.1 Å². The lowest BCUT2D eigenvalue weighted by molar-refractivity contribution is 0.0605. The summed E-state index contributed by atoms with van der Waals surface area (Å²) in [5, 5.41) is 0. The van der Waals surface area contributed by atoms with E-state index in [9.17, 15) is 8.42 Å². The Kier molecular flexibility index (Phi) is 4.33. The fraction of sp³-hybridized carbons (Fsp3) is 1.00. The van der Waals surface area contributed by atoms with Gasteiger partial charge in [0, 0.05) is 52.0 Å². The van der Waals surface area contributed by atoms with Gasteiger partial charge in [-0.3, -0.25) is 4.90 Å². The Morgan fingerprint density at radius 3 is 2.60 bits per heavy atom. The van der Waals surface area contributed by atoms with Gasteiger partial charge < -0.3 is 4.74 Å². The van der Waals surface area contributed by atoms with Gasteiger partial charge in [0.05, 0.1) is 0 Å². The van der Waals surface area contributed by atoms with Gasteiger partial charge in [-0.25, -0.2) is 0 Å². The first-order valence-corrected chi connectivity index (χ1v) is 9.03. The molecule has 0 saturated carbocycles. The molecule has 20 heavy (non-hydrogen) atoms. The minimum atomic E-state index is -3.32. The van der Waals surface area contributed by atoms with Crippen LogP contribution < -0.4 is 0 Å². The lowest BCUT2D eigenvalue weighted by Gasteiger charge is -2.40. The molecule has 0 aliphatic carbocycles. The molecule has 3 saturated heterocycles. The molecule has 3 rings (SSSR count). The molecule has 3 heterocycles. The van der Waals surface area contributed by atoms with Crippen LogP contribution >= 0.6 is 0 Å². The standard InChI is InChI=1S/C13H25N3O3S/c1-14(12-4-9-19-10-5-12)20(17,18)16-8-7-15-6-2-3-13(15)11-16/h12-13H,2-11H2,1H3/t13-/m0/s1. The number of piperazine rings is 1. The van der Waals surface area contributed by atoms with Gasteiger partial charge in [0.15, 0.2) is 0 Å². The third-order valence-electron chi connectivity index (χ3n) is 4.95. The maximum Gasteiger partial charge on any atom is 0.282 e. The maximum atomic E-state index is 12.8. The molecule has 0 aromatic rings. The smallest absolute Gasteiger partial charge is 0.282 e. The van der Waals surface area contributed by atoms with Crippen molar-refractivity contribution in [3.05, 3.63) is 0 Å². The maximum absolute atomic E-state index is 12.8. The summed E-state index contributed by atoms with van der Waals surface area (Å²) in [4.78, 5) is 2.43. The van der Waals surface area contributed by atoms with Crippen molar-refractivity contribution in [2.24, 2.45) is 0 Å². The fourth-order valence-corrected chi connectivity index (χ4v) is 5.22. The second-order valence-corrected chi connectivity index (χ2v) is 8.05. The summed E-state index contributed by atoms with van der Waals surface area (Å²) in [6.45, 7) is 4.64. The van der Waals surface area contributed by atoms with E-state index in [-0.39, 0.29) is 6.04 Å². The summed E-state index contributed by atoms with van der Waals surface area (Å²) < 4.78 is 34.1. The number of hydrogen-bond acceptors (Lipinski definition) is 4.